The first-order chi connectivity index (χ1) is 9.58. The Balaban J connectivity index is 1.82. The first-order valence-electron chi connectivity index (χ1n) is 6.73. The molecule has 1 aromatic carbocycles. The van der Waals surface area contributed by atoms with Crippen molar-refractivity contribution >= 4 is 37.8 Å². The summed E-state index contributed by atoms with van der Waals surface area (Å²) < 4.78 is 1.29. The molecule has 1 heterocycles. The van der Waals surface area contributed by atoms with E-state index in [9.17, 15) is 9.90 Å². The van der Waals surface area contributed by atoms with E-state index in [0.29, 0.717) is 22.0 Å². The summed E-state index contributed by atoms with van der Waals surface area (Å²) in [5.74, 6) is 0.361. The van der Waals surface area contributed by atoms with Crippen LogP contribution in [-0.4, -0.2) is 35.5 Å². The molecule has 1 aliphatic heterocycles. The van der Waals surface area contributed by atoms with Gasteiger partial charge < -0.3 is 15.3 Å². The van der Waals surface area contributed by atoms with Crippen molar-refractivity contribution in [1.29, 1.82) is 0 Å². The van der Waals surface area contributed by atoms with Crippen molar-refractivity contribution in [3.8, 4) is 5.75 Å². The Morgan fingerprint density at radius 2 is 1.80 bits per heavy atom. The van der Waals surface area contributed by atoms with Gasteiger partial charge in [-0.1, -0.05) is 0 Å². The highest BCUT2D eigenvalue weighted by molar-refractivity contribution is 9.11. The summed E-state index contributed by atoms with van der Waals surface area (Å²) in [7, 11) is 0. The molecule has 0 atom stereocenters. The molecule has 2 rings (SSSR count). The van der Waals surface area contributed by atoms with E-state index in [-0.39, 0.29) is 11.7 Å². The first-order valence-corrected chi connectivity index (χ1v) is 8.32. The fourth-order valence-corrected chi connectivity index (χ4v) is 3.57. The van der Waals surface area contributed by atoms with Crippen LogP contribution in [0.4, 0.5) is 0 Å². The van der Waals surface area contributed by atoms with Crippen LogP contribution >= 0.6 is 31.9 Å². The fourth-order valence-electron chi connectivity index (χ4n) is 2.29. The van der Waals surface area contributed by atoms with Gasteiger partial charge in [-0.15, -0.1) is 0 Å². The quantitative estimate of drug-likeness (QED) is 0.809. The number of nitrogens with zero attached hydrogens (tertiary/aromatic N) is 1. The highest BCUT2D eigenvalue weighted by atomic mass is 79.9. The molecule has 0 aromatic heterocycles. The molecule has 1 aliphatic rings. The molecule has 4 nitrogen and oxygen atoms in total. The van der Waals surface area contributed by atoms with Crippen LogP contribution in [0.2, 0.25) is 0 Å². The molecule has 0 radical (unpaired) electrons. The highest BCUT2D eigenvalue weighted by Gasteiger charge is 2.15. The third-order valence-electron chi connectivity index (χ3n) is 3.39. The van der Waals surface area contributed by atoms with Gasteiger partial charge in [0, 0.05) is 19.6 Å². The predicted octanol–water partition coefficient (Wildman–Crippen LogP) is 3.02. The minimum absolute atomic E-state index is 0.168. The maximum absolute atomic E-state index is 12.0. The number of phenols is 1. The van der Waals surface area contributed by atoms with Crippen molar-refractivity contribution in [2.24, 2.45) is 0 Å². The number of aromatic hydroxyl groups is 1. The van der Waals surface area contributed by atoms with E-state index in [0.717, 1.165) is 31.5 Å². The largest absolute Gasteiger partial charge is 0.506 e. The lowest BCUT2D eigenvalue weighted by atomic mass is 10.1. The molecular formula is C14H18Br2N2O2. The summed E-state index contributed by atoms with van der Waals surface area (Å²) >= 11 is 6.59. The van der Waals surface area contributed by atoms with Crippen molar-refractivity contribution in [3.63, 3.8) is 0 Å². The van der Waals surface area contributed by atoms with E-state index in [1.165, 1.54) is 6.42 Å². The van der Waals surface area contributed by atoms with Gasteiger partial charge in [-0.2, -0.15) is 0 Å². The van der Waals surface area contributed by atoms with Crippen molar-refractivity contribution in [3.05, 3.63) is 26.6 Å². The molecule has 6 heteroatoms. The summed E-state index contributed by atoms with van der Waals surface area (Å²) in [6.45, 7) is 2.72. The zero-order valence-electron chi connectivity index (χ0n) is 11.2. The summed E-state index contributed by atoms with van der Waals surface area (Å²) in [4.78, 5) is 13.9. The molecule has 0 aliphatic carbocycles. The molecule has 2 N–H and O–H groups in total. The van der Waals surface area contributed by atoms with Gasteiger partial charge in [-0.3, -0.25) is 4.79 Å². The Labute approximate surface area is 135 Å². The number of carbonyl (C=O) groups excluding carboxylic acids is 1. The maximum atomic E-state index is 12.0. The van der Waals surface area contributed by atoms with Crippen LogP contribution in [0.25, 0.3) is 0 Å². The van der Waals surface area contributed by atoms with Gasteiger partial charge in [-0.05, 0) is 68.8 Å². The minimum atomic E-state index is 0.168. The van der Waals surface area contributed by atoms with Crippen LogP contribution in [0.1, 0.15) is 24.8 Å². The smallest absolute Gasteiger partial charge is 0.236 e. The number of piperidine rings is 1. The van der Waals surface area contributed by atoms with Crippen molar-refractivity contribution in [1.82, 2.24) is 10.2 Å². The minimum Gasteiger partial charge on any atom is -0.506 e. The first kappa shape index (κ1) is 15.8. The molecule has 1 fully saturated rings. The molecule has 1 saturated heterocycles. The number of likely N-dealkylation sites (tertiary alicyclic amines) is 1. The van der Waals surface area contributed by atoms with Crippen LogP contribution < -0.4 is 5.32 Å². The van der Waals surface area contributed by atoms with E-state index >= 15 is 0 Å². The fraction of sp³-hybridized carbons (Fsp3) is 0.500. The zero-order chi connectivity index (χ0) is 14.5. The molecule has 1 amide bonds. The third kappa shape index (κ3) is 4.20. The summed E-state index contributed by atoms with van der Waals surface area (Å²) in [5.41, 5.74) is 1.01. The van der Waals surface area contributed by atoms with Gasteiger partial charge in [0.1, 0.15) is 5.75 Å². The Kier molecular flexibility index (Phi) is 5.86. The Morgan fingerprint density at radius 1 is 1.20 bits per heavy atom. The van der Waals surface area contributed by atoms with Crippen molar-refractivity contribution < 1.29 is 9.90 Å². The number of hydrogen-bond donors (Lipinski definition) is 2. The molecule has 110 valence electrons. The van der Waals surface area contributed by atoms with Gasteiger partial charge in [0.2, 0.25) is 5.91 Å². The summed E-state index contributed by atoms with van der Waals surface area (Å²) in [5, 5.41) is 12.8. The zero-order valence-corrected chi connectivity index (χ0v) is 14.3. The monoisotopic (exact) mass is 404 g/mol. The standard InChI is InChI=1S/C14H18Br2N2O2/c15-11-6-10(7-12(16)14(11)20)8-17-9-13(19)18-4-2-1-3-5-18/h6-7,17,20H,1-5,8-9H2. The molecule has 0 bridgehead atoms. The van der Waals surface area contributed by atoms with Gasteiger partial charge in [-0.25, -0.2) is 0 Å². The lowest BCUT2D eigenvalue weighted by molar-refractivity contribution is -0.131. The number of amides is 1. The molecule has 20 heavy (non-hydrogen) atoms. The van der Waals surface area contributed by atoms with Gasteiger partial charge in [0.25, 0.3) is 0 Å². The van der Waals surface area contributed by atoms with Crippen LogP contribution in [0.5, 0.6) is 5.75 Å². The number of carbonyl (C=O) groups is 1. The topological polar surface area (TPSA) is 52.6 Å². The molecule has 0 saturated carbocycles. The second-order valence-electron chi connectivity index (χ2n) is 4.95. The molecule has 0 spiro atoms. The van der Waals surface area contributed by atoms with Gasteiger partial charge in [0.05, 0.1) is 15.5 Å². The predicted molar refractivity (Wildman–Crippen MR) is 85.6 cm³/mol. The van der Waals surface area contributed by atoms with Crippen LogP contribution in [-0.2, 0) is 11.3 Å². The lowest BCUT2D eigenvalue weighted by Gasteiger charge is -2.26. The average molecular weight is 406 g/mol. The molecular weight excluding hydrogens is 388 g/mol. The third-order valence-corrected chi connectivity index (χ3v) is 4.60. The number of benzene rings is 1. The number of nitrogens with one attached hydrogen (secondary N) is 1. The number of halogens is 2. The van der Waals surface area contributed by atoms with Gasteiger partial charge >= 0.3 is 0 Å². The second kappa shape index (κ2) is 7.43. The van der Waals surface area contributed by atoms with E-state index in [2.05, 4.69) is 37.2 Å². The number of rotatable bonds is 4. The number of phenolic OH excluding ortho intramolecular Hbond substituents is 1. The normalized spacial score (nSPS) is 15.4. The van der Waals surface area contributed by atoms with E-state index in [1.54, 1.807) is 0 Å². The SMILES string of the molecule is O=C(CNCc1cc(Br)c(O)c(Br)c1)N1CCCCC1. The average Bonchev–Trinajstić information content (AvgIpc) is 2.45. The van der Waals surface area contributed by atoms with E-state index in [1.807, 2.05) is 17.0 Å². The van der Waals surface area contributed by atoms with Crippen LogP contribution in [0.15, 0.2) is 21.1 Å². The lowest BCUT2D eigenvalue weighted by Crippen LogP contribution is -2.40. The highest BCUT2D eigenvalue weighted by Crippen LogP contribution is 2.33. The van der Waals surface area contributed by atoms with Crippen LogP contribution in [0.3, 0.4) is 0 Å². The summed E-state index contributed by atoms with van der Waals surface area (Å²) in [6.07, 6.45) is 3.46. The van der Waals surface area contributed by atoms with Crippen molar-refractivity contribution in [2.75, 3.05) is 19.6 Å². The summed E-state index contributed by atoms with van der Waals surface area (Å²) in [6, 6.07) is 3.69. The van der Waals surface area contributed by atoms with E-state index in [4.69, 9.17) is 0 Å². The Bertz CT molecular complexity index is 465. The molecule has 0 unspecified atom stereocenters. The number of hydrogen-bond acceptors (Lipinski definition) is 3. The maximum Gasteiger partial charge on any atom is 0.236 e. The van der Waals surface area contributed by atoms with E-state index < -0.39 is 0 Å². The second-order valence-corrected chi connectivity index (χ2v) is 6.66. The van der Waals surface area contributed by atoms with Gasteiger partial charge in [0.15, 0.2) is 0 Å². The van der Waals surface area contributed by atoms with Crippen molar-refractivity contribution in [2.45, 2.75) is 25.8 Å². The van der Waals surface area contributed by atoms with Crippen LogP contribution in [0, 0.1) is 0 Å². The Hall–Kier alpha value is -0.590. The molecule has 1 aromatic rings. The Morgan fingerprint density at radius 3 is 2.40 bits per heavy atom.